The summed E-state index contributed by atoms with van der Waals surface area (Å²) in [4.78, 5) is 15.3. The van der Waals surface area contributed by atoms with Crippen molar-refractivity contribution in [3.8, 4) is 0 Å². The molecule has 1 aliphatic rings. The predicted octanol–water partition coefficient (Wildman–Crippen LogP) is 1.56. The Labute approximate surface area is 99.6 Å². The van der Waals surface area contributed by atoms with E-state index in [-0.39, 0.29) is 11.6 Å². The van der Waals surface area contributed by atoms with Gasteiger partial charge in [-0.2, -0.15) is 0 Å². The van der Waals surface area contributed by atoms with Gasteiger partial charge in [0.25, 0.3) is 0 Å². The van der Waals surface area contributed by atoms with Crippen LogP contribution in [0.4, 0.5) is 5.69 Å². The van der Waals surface area contributed by atoms with Gasteiger partial charge >= 0.3 is 5.97 Å². The fourth-order valence-electron chi connectivity index (χ4n) is 2.16. The van der Waals surface area contributed by atoms with Crippen LogP contribution in [0, 0.1) is 6.92 Å². The van der Waals surface area contributed by atoms with Gasteiger partial charge in [-0.25, -0.2) is 9.78 Å². The van der Waals surface area contributed by atoms with Gasteiger partial charge < -0.3 is 15.6 Å². The smallest absolute Gasteiger partial charge is 0.354 e. The molecule has 2 rings (SSSR count). The maximum Gasteiger partial charge on any atom is 0.354 e. The van der Waals surface area contributed by atoms with Crippen LogP contribution in [0.15, 0.2) is 6.07 Å². The van der Waals surface area contributed by atoms with Crippen molar-refractivity contribution in [2.45, 2.75) is 25.7 Å². The van der Waals surface area contributed by atoms with E-state index in [1.54, 1.807) is 13.0 Å². The van der Waals surface area contributed by atoms with Crippen LogP contribution in [-0.4, -0.2) is 29.3 Å². The number of pyridine rings is 1. The number of carbonyl (C=O) groups is 1. The largest absolute Gasteiger partial charge is 0.477 e. The highest BCUT2D eigenvalue weighted by Gasteiger charge is 2.22. The fraction of sp³-hybridized carbons (Fsp3) is 0.500. The van der Waals surface area contributed by atoms with Gasteiger partial charge in [0.15, 0.2) is 5.69 Å². The molecule has 0 unspecified atom stereocenters. The number of aryl methyl sites for hydroxylation is 1. The minimum atomic E-state index is -1.00. The van der Waals surface area contributed by atoms with E-state index in [1.165, 1.54) is 0 Å². The molecule has 0 radical (unpaired) electrons. The lowest BCUT2D eigenvalue weighted by molar-refractivity contribution is 0.0688. The van der Waals surface area contributed by atoms with Crippen molar-refractivity contribution in [1.29, 1.82) is 0 Å². The maximum atomic E-state index is 11.0. The molecule has 17 heavy (non-hydrogen) atoms. The number of aromatic nitrogens is 1. The van der Waals surface area contributed by atoms with Gasteiger partial charge in [0, 0.05) is 19.1 Å². The first-order valence-corrected chi connectivity index (χ1v) is 5.67. The second-order valence-electron chi connectivity index (χ2n) is 4.32. The summed E-state index contributed by atoms with van der Waals surface area (Å²) >= 11 is 0. The minimum Gasteiger partial charge on any atom is -0.477 e. The molecule has 1 aromatic heterocycles. The zero-order valence-electron chi connectivity index (χ0n) is 9.77. The third-order valence-corrected chi connectivity index (χ3v) is 3.08. The number of nitrogens with zero attached hydrogens (tertiary/aromatic N) is 1. The Morgan fingerprint density at radius 3 is 2.76 bits per heavy atom. The lowest BCUT2D eigenvalue weighted by atomic mass is 9.94. The Hall–Kier alpha value is -1.62. The molecule has 3 N–H and O–H groups in total. The molecule has 5 nitrogen and oxygen atoms in total. The van der Waals surface area contributed by atoms with E-state index in [1.807, 2.05) is 0 Å². The average Bonchev–Trinajstić information content (AvgIpc) is 2.29. The van der Waals surface area contributed by atoms with Gasteiger partial charge in [-0.3, -0.25) is 0 Å². The number of nitrogens with two attached hydrogens (primary N) is 1. The molecule has 2 heterocycles. The highest BCUT2D eigenvalue weighted by molar-refractivity contribution is 5.87. The van der Waals surface area contributed by atoms with Crippen LogP contribution in [0.3, 0.4) is 0 Å². The summed E-state index contributed by atoms with van der Waals surface area (Å²) < 4.78 is 5.28. The van der Waals surface area contributed by atoms with Crippen LogP contribution in [-0.2, 0) is 4.74 Å². The highest BCUT2D eigenvalue weighted by atomic mass is 16.5. The summed E-state index contributed by atoms with van der Waals surface area (Å²) in [6, 6.07) is 1.70. The number of carboxylic acids is 1. The van der Waals surface area contributed by atoms with Crippen LogP contribution >= 0.6 is 0 Å². The lowest BCUT2D eigenvalue weighted by Crippen LogP contribution is -2.18. The average molecular weight is 236 g/mol. The van der Waals surface area contributed by atoms with Crippen LogP contribution in [0.25, 0.3) is 0 Å². The number of anilines is 1. The van der Waals surface area contributed by atoms with E-state index in [4.69, 9.17) is 15.6 Å². The zero-order chi connectivity index (χ0) is 12.4. The molecule has 92 valence electrons. The maximum absolute atomic E-state index is 11.0. The molecule has 0 bridgehead atoms. The Bertz CT molecular complexity index is 440. The summed E-state index contributed by atoms with van der Waals surface area (Å²) in [6.45, 7) is 3.07. The summed E-state index contributed by atoms with van der Waals surface area (Å²) in [6.07, 6.45) is 1.69. The first kappa shape index (κ1) is 11.9. The van der Waals surface area contributed by atoms with Crippen LogP contribution < -0.4 is 5.73 Å². The Kier molecular flexibility index (Phi) is 3.28. The van der Waals surface area contributed by atoms with Gasteiger partial charge in [-0.05, 0) is 31.4 Å². The quantitative estimate of drug-likeness (QED) is 0.814. The molecular formula is C12H16N2O3. The third-order valence-electron chi connectivity index (χ3n) is 3.08. The topological polar surface area (TPSA) is 85.4 Å². The van der Waals surface area contributed by atoms with Gasteiger partial charge in [-0.15, -0.1) is 0 Å². The van der Waals surface area contributed by atoms with E-state index >= 15 is 0 Å². The molecule has 0 aromatic carbocycles. The molecule has 1 aliphatic heterocycles. The van der Waals surface area contributed by atoms with E-state index in [0.29, 0.717) is 30.2 Å². The third kappa shape index (κ3) is 2.39. The van der Waals surface area contributed by atoms with Crippen LogP contribution in [0.5, 0.6) is 0 Å². The van der Waals surface area contributed by atoms with E-state index in [0.717, 1.165) is 12.8 Å². The highest BCUT2D eigenvalue weighted by Crippen LogP contribution is 2.30. The molecule has 1 fully saturated rings. The number of nitrogen functional groups attached to an aromatic ring is 1. The molecule has 0 amide bonds. The molecular weight excluding hydrogens is 220 g/mol. The van der Waals surface area contributed by atoms with Crippen molar-refractivity contribution in [2.24, 2.45) is 0 Å². The normalized spacial score (nSPS) is 17.0. The van der Waals surface area contributed by atoms with Crippen LogP contribution in [0.1, 0.15) is 40.5 Å². The first-order valence-electron chi connectivity index (χ1n) is 5.67. The van der Waals surface area contributed by atoms with E-state index < -0.39 is 5.97 Å². The molecule has 5 heteroatoms. The lowest BCUT2D eigenvalue weighted by Gasteiger charge is -2.23. The number of aromatic carboxylic acids is 1. The number of hydrogen-bond acceptors (Lipinski definition) is 4. The number of hydrogen-bond donors (Lipinski definition) is 2. The van der Waals surface area contributed by atoms with Crippen molar-refractivity contribution >= 4 is 11.7 Å². The molecule has 0 atom stereocenters. The monoisotopic (exact) mass is 236 g/mol. The molecule has 0 aliphatic carbocycles. The van der Waals surface area contributed by atoms with E-state index in [2.05, 4.69) is 4.98 Å². The fourth-order valence-corrected chi connectivity index (χ4v) is 2.16. The molecule has 1 saturated heterocycles. The van der Waals surface area contributed by atoms with E-state index in [9.17, 15) is 4.79 Å². The predicted molar refractivity (Wildman–Crippen MR) is 63.1 cm³/mol. The SMILES string of the molecule is Cc1cc(N)c(C2CCOCC2)nc1C(=O)O. The summed E-state index contributed by atoms with van der Waals surface area (Å²) in [5.41, 5.74) is 7.91. The standard InChI is InChI=1S/C12H16N2O3/c1-7-6-9(13)11(14-10(7)12(15)16)8-2-4-17-5-3-8/h6,8H,2-5,13H2,1H3,(H,15,16). The van der Waals surface area contributed by atoms with Gasteiger partial charge in [-0.1, -0.05) is 0 Å². The first-order chi connectivity index (χ1) is 8.09. The number of ether oxygens (including phenoxy) is 1. The summed E-state index contributed by atoms with van der Waals surface area (Å²) in [7, 11) is 0. The second-order valence-corrected chi connectivity index (χ2v) is 4.32. The zero-order valence-corrected chi connectivity index (χ0v) is 9.77. The molecule has 0 saturated carbocycles. The minimum absolute atomic E-state index is 0.0979. The van der Waals surface area contributed by atoms with Crippen molar-refractivity contribution in [3.05, 3.63) is 23.0 Å². The molecule has 0 spiro atoms. The summed E-state index contributed by atoms with van der Waals surface area (Å²) in [5, 5.41) is 9.05. The summed E-state index contributed by atoms with van der Waals surface area (Å²) in [5.74, 6) is -0.793. The van der Waals surface area contributed by atoms with Crippen molar-refractivity contribution in [2.75, 3.05) is 18.9 Å². The van der Waals surface area contributed by atoms with Gasteiger partial charge in [0.1, 0.15) is 0 Å². The van der Waals surface area contributed by atoms with Crippen molar-refractivity contribution in [1.82, 2.24) is 4.98 Å². The van der Waals surface area contributed by atoms with Gasteiger partial charge in [0.2, 0.25) is 0 Å². The van der Waals surface area contributed by atoms with Crippen LogP contribution in [0.2, 0.25) is 0 Å². The molecule has 1 aromatic rings. The van der Waals surface area contributed by atoms with Gasteiger partial charge in [0.05, 0.1) is 11.4 Å². The Morgan fingerprint density at radius 2 is 2.18 bits per heavy atom. The Morgan fingerprint density at radius 1 is 1.53 bits per heavy atom. The van der Waals surface area contributed by atoms with Crippen molar-refractivity contribution in [3.63, 3.8) is 0 Å². The number of rotatable bonds is 2. The number of carboxylic acid groups (broad SMARTS) is 1. The van der Waals surface area contributed by atoms with Crippen molar-refractivity contribution < 1.29 is 14.6 Å². The second kappa shape index (κ2) is 4.71. The Balaban J connectivity index is 2.38.